The zero-order valence-corrected chi connectivity index (χ0v) is 5.29. The third kappa shape index (κ3) is 1.10. The molecule has 0 aliphatic rings. The predicted molar refractivity (Wildman–Crippen MR) is 31.8 cm³/mol. The Morgan fingerprint density at radius 3 is 3.00 bits per heavy atom. The number of aryl methyl sites for hydroxylation is 1. The Morgan fingerprint density at radius 1 is 1.78 bits per heavy atom. The smallest absolute Gasteiger partial charge is 0.127 e. The molecule has 0 amide bonds. The van der Waals surface area contributed by atoms with Gasteiger partial charge in [-0.05, 0) is 6.42 Å². The maximum Gasteiger partial charge on any atom is 0.127 e. The quantitative estimate of drug-likeness (QED) is 0.637. The van der Waals surface area contributed by atoms with Crippen molar-refractivity contribution in [3.8, 4) is 0 Å². The molecule has 0 spiro atoms. The van der Waals surface area contributed by atoms with Crippen molar-refractivity contribution in [3.05, 3.63) is 17.5 Å². The van der Waals surface area contributed by atoms with E-state index < -0.39 is 0 Å². The summed E-state index contributed by atoms with van der Waals surface area (Å²) in [5.41, 5.74) is 1.63. The molecule has 0 atom stereocenters. The van der Waals surface area contributed by atoms with E-state index in [1.807, 2.05) is 6.92 Å². The van der Waals surface area contributed by atoms with Gasteiger partial charge in [0.25, 0.3) is 0 Å². The summed E-state index contributed by atoms with van der Waals surface area (Å²) < 4.78 is 4.62. The normalized spacial score (nSPS) is 10.0. The summed E-state index contributed by atoms with van der Waals surface area (Å²) in [6, 6.07) is 0. The lowest BCUT2D eigenvalue weighted by molar-refractivity contribution is 0.266. The Hall–Kier alpha value is -0.830. The van der Waals surface area contributed by atoms with Crippen molar-refractivity contribution in [2.45, 2.75) is 20.0 Å². The molecule has 3 heteroatoms. The highest BCUT2D eigenvalue weighted by atomic mass is 16.5. The third-order valence-electron chi connectivity index (χ3n) is 1.26. The van der Waals surface area contributed by atoms with Crippen molar-refractivity contribution in [3.63, 3.8) is 0 Å². The lowest BCUT2D eigenvalue weighted by atomic mass is 10.2. The molecule has 0 fully saturated rings. The number of hydrogen-bond donors (Lipinski definition) is 1. The van der Waals surface area contributed by atoms with Gasteiger partial charge in [-0.1, -0.05) is 12.1 Å². The Bertz CT molecular complexity index is 164. The van der Waals surface area contributed by atoms with Gasteiger partial charge in [0, 0.05) is 5.56 Å². The second kappa shape index (κ2) is 2.64. The van der Waals surface area contributed by atoms with Gasteiger partial charge in [-0.3, -0.25) is 0 Å². The Balaban J connectivity index is 2.85. The van der Waals surface area contributed by atoms with Gasteiger partial charge in [0.15, 0.2) is 0 Å². The van der Waals surface area contributed by atoms with Crippen molar-refractivity contribution in [2.24, 2.45) is 0 Å². The van der Waals surface area contributed by atoms with Crippen LogP contribution in [-0.2, 0) is 13.0 Å². The SMILES string of the molecule is CCc1conc1CO. The predicted octanol–water partition coefficient (Wildman–Crippen LogP) is 0.729. The Morgan fingerprint density at radius 2 is 2.56 bits per heavy atom. The summed E-state index contributed by atoms with van der Waals surface area (Å²) in [6.07, 6.45) is 2.42. The first-order chi connectivity index (χ1) is 4.38. The minimum atomic E-state index is -0.0281. The van der Waals surface area contributed by atoms with Crippen LogP contribution in [0, 0.1) is 0 Å². The van der Waals surface area contributed by atoms with E-state index in [2.05, 4.69) is 9.68 Å². The molecule has 1 rings (SSSR count). The molecule has 1 heterocycles. The van der Waals surface area contributed by atoms with Crippen LogP contribution in [-0.4, -0.2) is 10.3 Å². The first-order valence-electron chi connectivity index (χ1n) is 2.91. The average Bonchev–Trinajstić information content (AvgIpc) is 2.33. The molecule has 0 aliphatic heterocycles. The van der Waals surface area contributed by atoms with Gasteiger partial charge in [-0.2, -0.15) is 0 Å². The highest BCUT2D eigenvalue weighted by molar-refractivity contribution is 5.12. The minimum Gasteiger partial charge on any atom is -0.390 e. The Kier molecular flexibility index (Phi) is 1.85. The fourth-order valence-corrected chi connectivity index (χ4v) is 0.698. The molecule has 0 aromatic carbocycles. The van der Waals surface area contributed by atoms with Crippen molar-refractivity contribution >= 4 is 0 Å². The Labute approximate surface area is 53.3 Å². The fraction of sp³-hybridized carbons (Fsp3) is 0.500. The largest absolute Gasteiger partial charge is 0.390 e. The molecule has 50 valence electrons. The monoisotopic (exact) mass is 127 g/mol. The number of hydrogen-bond acceptors (Lipinski definition) is 3. The molecular formula is C6H9NO2. The lowest BCUT2D eigenvalue weighted by Gasteiger charge is -1.88. The molecule has 3 nitrogen and oxygen atoms in total. The highest BCUT2D eigenvalue weighted by Crippen LogP contribution is 2.05. The van der Waals surface area contributed by atoms with Gasteiger partial charge in [-0.15, -0.1) is 0 Å². The van der Waals surface area contributed by atoms with Crippen LogP contribution >= 0.6 is 0 Å². The lowest BCUT2D eigenvalue weighted by Crippen LogP contribution is -1.87. The van der Waals surface area contributed by atoms with E-state index in [0.717, 1.165) is 12.0 Å². The molecule has 0 radical (unpaired) electrons. The molecule has 0 saturated carbocycles. The van der Waals surface area contributed by atoms with E-state index in [-0.39, 0.29) is 6.61 Å². The summed E-state index contributed by atoms with van der Waals surface area (Å²) in [5.74, 6) is 0. The van der Waals surface area contributed by atoms with Gasteiger partial charge in [0.1, 0.15) is 12.0 Å². The fourth-order valence-electron chi connectivity index (χ4n) is 0.698. The zero-order valence-electron chi connectivity index (χ0n) is 5.29. The third-order valence-corrected chi connectivity index (χ3v) is 1.26. The molecular weight excluding hydrogens is 118 g/mol. The number of aromatic nitrogens is 1. The highest BCUT2D eigenvalue weighted by Gasteiger charge is 2.01. The first-order valence-corrected chi connectivity index (χ1v) is 2.91. The number of rotatable bonds is 2. The van der Waals surface area contributed by atoms with Crippen LogP contribution in [0.4, 0.5) is 0 Å². The molecule has 9 heavy (non-hydrogen) atoms. The van der Waals surface area contributed by atoms with Crippen molar-refractivity contribution in [1.29, 1.82) is 0 Å². The zero-order chi connectivity index (χ0) is 6.69. The molecule has 0 aliphatic carbocycles. The van der Waals surface area contributed by atoms with Crippen LogP contribution in [0.3, 0.4) is 0 Å². The molecule has 0 unspecified atom stereocenters. The van der Waals surface area contributed by atoms with Crippen LogP contribution in [0.15, 0.2) is 10.8 Å². The average molecular weight is 127 g/mol. The standard InChI is InChI=1S/C6H9NO2/c1-2-5-4-9-7-6(5)3-8/h4,8H,2-3H2,1H3. The van der Waals surface area contributed by atoms with E-state index in [1.165, 1.54) is 0 Å². The summed E-state index contributed by atoms with van der Waals surface area (Å²) in [5, 5.41) is 12.2. The second-order valence-corrected chi connectivity index (χ2v) is 1.80. The van der Waals surface area contributed by atoms with Crippen molar-refractivity contribution in [2.75, 3.05) is 0 Å². The van der Waals surface area contributed by atoms with Gasteiger partial charge < -0.3 is 9.63 Å². The topological polar surface area (TPSA) is 46.3 Å². The van der Waals surface area contributed by atoms with Crippen molar-refractivity contribution in [1.82, 2.24) is 5.16 Å². The van der Waals surface area contributed by atoms with Crippen LogP contribution in [0.25, 0.3) is 0 Å². The maximum absolute atomic E-state index is 8.62. The second-order valence-electron chi connectivity index (χ2n) is 1.80. The van der Waals surface area contributed by atoms with E-state index in [1.54, 1.807) is 6.26 Å². The summed E-state index contributed by atoms with van der Waals surface area (Å²) in [6.45, 7) is 1.96. The molecule has 1 aromatic rings. The molecule has 1 aromatic heterocycles. The number of nitrogens with zero attached hydrogens (tertiary/aromatic N) is 1. The van der Waals surface area contributed by atoms with Gasteiger partial charge >= 0.3 is 0 Å². The molecule has 1 N–H and O–H groups in total. The summed E-state index contributed by atoms with van der Waals surface area (Å²) >= 11 is 0. The van der Waals surface area contributed by atoms with Crippen molar-refractivity contribution < 1.29 is 9.63 Å². The van der Waals surface area contributed by atoms with E-state index in [0.29, 0.717) is 5.69 Å². The van der Waals surface area contributed by atoms with Gasteiger partial charge in [0.2, 0.25) is 0 Å². The van der Waals surface area contributed by atoms with Gasteiger partial charge in [0.05, 0.1) is 6.61 Å². The first kappa shape index (κ1) is 6.29. The van der Waals surface area contributed by atoms with E-state index in [9.17, 15) is 0 Å². The summed E-state index contributed by atoms with van der Waals surface area (Å²) in [4.78, 5) is 0. The number of aliphatic hydroxyl groups is 1. The van der Waals surface area contributed by atoms with Gasteiger partial charge in [-0.25, -0.2) is 0 Å². The van der Waals surface area contributed by atoms with E-state index in [4.69, 9.17) is 5.11 Å². The van der Waals surface area contributed by atoms with Crippen LogP contribution < -0.4 is 0 Å². The van der Waals surface area contributed by atoms with E-state index >= 15 is 0 Å². The summed E-state index contributed by atoms with van der Waals surface area (Å²) in [7, 11) is 0. The maximum atomic E-state index is 8.62. The minimum absolute atomic E-state index is 0.0281. The molecule has 0 saturated heterocycles. The number of aliphatic hydroxyl groups excluding tert-OH is 1. The van der Waals surface area contributed by atoms with Crippen LogP contribution in [0.5, 0.6) is 0 Å². The molecule has 0 bridgehead atoms. The van der Waals surface area contributed by atoms with Crippen LogP contribution in [0.2, 0.25) is 0 Å². The van der Waals surface area contributed by atoms with Crippen LogP contribution in [0.1, 0.15) is 18.2 Å².